The number of aromatic nitrogens is 1. The van der Waals surface area contributed by atoms with Crippen molar-refractivity contribution in [2.24, 2.45) is 0 Å². The molecule has 1 heterocycles. The Kier molecular flexibility index (Phi) is 6.27. The van der Waals surface area contributed by atoms with Crippen LogP contribution in [0.3, 0.4) is 0 Å². The summed E-state index contributed by atoms with van der Waals surface area (Å²) < 4.78 is 5.24. The summed E-state index contributed by atoms with van der Waals surface area (Å²) in [5.41, 5.74) is 5.40. The number of rotatable bonds is 7. The van der Waals surface area contributed by atoms with Crippen LogP contribution in [0.15, 0.2) is 60.8 Å². The standard InChI is InChI=1S/C23H25N3O2/c1-16-7-8-17(2)22(13-16)26-23(27)21-10-9-19(15-25-21)24-12-11-18-5-4-6-20(14-18)28-3/h4-10,13-15,24H,11-12H2,1-3H3,(H,26,27). The minimum Gasteiger partial charge on any atom is -0.497 e. The first kappa shape index (κ1) is 19.4. The lowest BCUT2D eigenvalue weighted by atomic mass is 10.1. The van der Waals surface area contributed by atoms with E-state index < -0.39 is 0 Å². The zero-order valence-corrected chi connectivity index (χ0v) is 16.5. The fourth-order valence-corrected chi connectivity index (χ4v) is 2.87. The van der Waals surface area contributed by atoms with Gasteiger partial charge >= 0.3 is 0 Å². The van der Waals surface area contributed by atoms with E-state index in [-0.39, 0.29) is 5.91 Å². The van der Waals surface area contributed by atoms with Crippen molar-refractivity contribution in [1.29, 1.82) is 0 Å². The number of nitrogens with zero attached hydrogens (tertiary/aromatic N) is 1. The molecule has 0 radical (unpaired) electrons. The maximum atomic E-state index is 12.4. The van der Waals surface area contributed by atoms with Crippen LogP contribution in [0.1, 0.15) is 27.2 Å². The van der Waals surface area contributed by atoms with Crippen molar-refractivity contribution in [3.63, 3.8) is 0 Å². The summed E-state index contributed by atoms with van der Waals surface area (Å²) in [6.07, 6.45) is 2.55. The molecule has 28 heavy (non-hydrogen) atoms. The molecule has 0 saturated heterocycles. The van der Waals surface area contributed by atoms with E-state index >= 15 is 0 Å². The number of nitrogens with one attached hydrogen (secondary N) is 2. The van der Waals surface area contributed by atoms with Crippen molar-refractivity contribution < 1.29 is 9.53 Å². The second kappa shape index (κ2) is 9.04. The molecule has 3 aromatic rings. The number of anilines is 2. The third-order valence-electron chi connectivity index (χ3n) is 4.51. The van der Waals surface area contributed by atoms with E-state index in [9.17, 15) is 4.79 Å². The molecule has 144 valence electrons. The van der Waals surface area contributed by atoms with Crippen molar-refractivity contribution in [3.05, 3.63) is 83.2 Å². The normalized spacial score (nSPS) is 10.4. The van der Waals surface area contributed by atoms with Gasteiger partial charge in [-0.25, -0.2) is 4.98 Å². The van der Waals surface area contributed by atoms with E-state index in [0.717, 1.165) is 41.2 Å². The summed E-state index contributed by atoms with van der Waals surface area (Å²) in [5.74, 6) is 0.648. The van der Waals surface area contributed by atoms with Gasteiger partial charge in [-0.1, -0.05) is 24.3 Å². The van der Waals surface area contributed by atoms with Gasteiger partial charge in [-0.05, 0) is 67.3 Å². The van der Waals surface area contributed by atoms with Crippen LogP contribution >= 0.6 is 0 Å². The fraction of sp³-hybridized carbons (Fsp3) is 0.217. The molecule has 3 rings (SSSR count). The molecule has 1 amide bonds. The Balaban J connectivity index is 1.55. The van der Waals surface area contributed by atoms with Crippen LogP contribution < -0.4 is 15.4 Å². The van der Waals surface area contributed by atoms with Crippen molar-refractivity contribution in [2.45, 2.75) is 20.3 Å². The van der Waals surface area contributed by atoms with E-state index in [2.05, 4.69) is 21.7 Å². The predicted octanol–water partition coefficient (Wildman–Crippen LogP) is 4.61. The number of methoxy groups -OCH3 is 1. The first-order valence-corrected chi connectivity index (χ1v) is 9.26. The largest absolute Gasteiger partial charge is 0.497 e. The number of aryl methyl sites for hydroxylation is 2. The molecule has 0 aliphatic rings. The van der Waals surface area contributed by atoms with Crippen LogP contribution in [0.4, 0.5) is 11.4 Å². The smallest absolute Gasteiger partial charge is 0.274 e. The maximum Gasteiger partial charge on any atom is 0.274 e. The van der Waals surface area contributed by atoms with Crippen molar-refractivity contribution >= 4 is 17.3 Å². The highest BCUT2D eigenvalue weighted by Crippen LogP contribution is 2.18. The number of benzene rings is 2. The molecule has 1 aromatic heterocycles. The number of carbonyl (C=O) groups excluding carboxylic acids is 1. The summed E-state index contributed by atoms with van der Waals surface area (Å²) >= 11 is 0. The second-order valence-electron chi connectivity index (χ2n) is 6.73. The van der Waals surface area contributed by atoms with Gasteiger partial charge in [0.25, 0.3) is 5.91 Å². The molecule has 2 aromatic carbocycles. The summed E-state index contributed by atoms with van der Waals surface area (Å²) in [4.78, 5) is 16.7. The number of amides is 1. The summed E-state index contributed by atoms with van der Waals surface area (Å²) in [6.45, 7) is 4.74. The summed E-state index contributed by atoms with van der Waals surface area (Å²) in [7, 11) is 1.67. The van der Waals surface area contributed by atoms with Gasteiger partial charge in [-0.15, -0.1) is 0 Å². The zero-order valence-electron chi connectivity index (χ0n) is 16.5. The quantitative estimate of drug-likeness (QED) is 0.633. The van der Waals surface area contributed by atoms with Crippen LogP contribution in [0.2, 0.25) is 0 Å². The lowest BCUT2D eigenvalue weighted by molar-refractivity contribution is 0.102. The fourth-order valence-electron chi connectivity index (χ4n) is 2.87. The molecule has 0 saturated carbocycles. The van der Waals surface area contributed by atoms with Gasteiger partial charge in [0.2, 0.25) is 0 Å². The minimum absolute atomic E-state index is 0.211. The van der Waals surface area contributed by atoms with E-state index in [4.69, 9.17) is 4.74 Å². The molecule has 5 heteroatoms. The highest BCUT2D eigenvalue weighted by atomic mass is 16.5. The van der Waals surface area contributed by atoms with Gasteiger partial charge in [0, 0.05) is 12.2 Å². The molecule has 2 N–H and O–H groups in total. The highest BCUT2D eigenvalue weighted by Gasteiger charge is 2.09. The van der Waals surface area contributed by atoms with Crippen molar-refractivity contribution in [1.82, 2.24) is 4.98 Å². The van der Waals surface area contributed by atoms with Gasteiger partial charge in [-0.3, -0.25) is 4.79 Å². The first-order chi connectivity index (χ1) is 13.5. The molecular weight excluding hydrogens is 350 g/mol. The third kappa shape index (κ3) is 5.10. The summed E-state index contributed by atoms with van der Waals surface area (Å²) in [5, 5.41) is 6.26. The Labute approximate surface area is 165 Å². The maximum absolute atomic E-state index is 12.4. The Morgan fingerprint density at radius 1 is 1.07 bits per heavy atom. The Bertz CT molecular complexity index is 952. The minimum atomic E-state index is -0.211. The molecule has 0 spiro atoms. The lowest BCUT2D eigenvalue weighted by Gasteiger charge is -2.10. The zero-order chi connectivity index (χ0) is 19.9. The molecule has 0 atom stereocenters. The average Bonchev–Trinajstić information content (AvgIpc) is 2.71. The first-order valence-electron chi connectivity index (χ1n) is 9.26. The molecule has 0 unspecified atom stereocenters. The Morgan fingerprint density at radius 3 is 2.68 bits per heavy atom. The van der Waals surface area contributed by atoms with Gasteiger partial charge in [0.15, 0.2) is 0 Å². The molecule has 0 aliphatic carbocycles. The number of pyridine rings is 1. The van der Waals surface area contributed by atoms with E-state index in [1.807, 2.05) is 56.3 Å². The number of ether oxygens (including phenoxy) is 1. The van der Waals surface area contributed by atoms with E-state index in [0.29, 0.717) is 5.69 Å². The summed E-state index contributed by atoms with van der Waals surface area (Å²) in [6, 6.07) is 17.6. The Morgan fingerprint density at radius 2 is 1.93 bits per heavy atom. The highest BCUT2D eigenvalue weighted by molar-refractivity contribution is 6.03. The Hall–Kier alpha value is -3.34. The van der Waals surface area contributed by atoms with E-state index in [1.165, 1.54) is 5.56 Å². The van der Waals surface area contributed by atoms with Crippen molar-refractivity contribution in [3.8, 4) is 5.75 Å². The van der Waals surface area contributed by atoms with E-state index in [1.54, 1.807) is 19.4 Å². The number of hydrogen-bond donors (Lipinski definition) is 2. The van der Waals surface area contributed by atoms with Crippen LogP contribution in [0.25, 0.3) is 0 Å². The molecule has 0 aliphatic heterocycles. The number of hydrogen-bond acceptors (Lipinski definition) is 4. The monoisotopic (exact) mass is 375 g/mol. The predicted molar refractivity (Wildman–Crippen MR) is 113 cm³/mol. The number of carbonyl (C=O) groups is 1. The van der Waals surface area contributed by atoms with Gasteiger partial charge < -0.3 is 15.4 Å². The van der Waals surface area contributed by atoms with Gasteiger partial charge in [0.05, 0.1) is 19.0 Å². The van der Waals surface area contributed by atoms with Gasteiger partial charge in [-0.2, -0.15) is 0 Å². The average molecular weight is 375 g/mol. The molecule has 0 bridgehead atoms. The van der Waals surface area contributed by atoms with Crippen LogP contribution in [-0.4, -0.2) is 24.5 Å². The third-order valence-corrected chi connectivity index (χ3v) is 4.51. The molecule has 5 nitrogen and oxygen atoms in total. The van der Waals surface area contributed by atoms with Crippen LogP contribution in [-0.2, 0) is 6.42 Å². The molecular formula is C23H25N3O2. The van der Waals surface area contributed by atoms with Crippen molar-refractivity contribution in [2.75, 3.05) is 24.3 Å². The topological polar surface area (TPSA) is 63.2 Å². The van der Waals surface area contributed by atoms with Gasteiger partial charge in [0.1, 0.15) is 11.4 Å². The SMILES string of the molecule is COc1cccc(CCNc2ccc(C(=O)Nc3cc(C)ccc3C)nc2)c1. The van der Waals surface area contributed by atoms with Crippen LogP contribution in [0, 0.1) is 13.8 Å². The lowest BCUT2D eigenvalue weighted by Crippen LogP contribution is -2.15. The van der Waals surface area contributed by atoms with Crippen LogP contribution in [0.5, 0.6) is 5.75 Å². The molecule has 0 fully saturated rings. The second-order valence-corrected chi connectivity index (χ2v) is 6.73.